The predicted molar refractivity (Wildman–Crippen MR) is 113 cm³/mol. The number of rotatable bonds is 9. The van der Waals surface area contributed by atoms with Crippen molar-refractivity contribution in [2.24, 2.45) is 0 Å². The highest BCUT2D eigenvalue weighted by Gasteiger charge is 2.57. The first kappa shape index (κ1) is 21.3. The SMILES string of the molecule is CCCCC(C)(CCCN(C)c1ccccc1)B1OC(C)(C)C(C)(C)O1. The summed E-state index contributed by atoms with van der Waals surface area (Å²) in [5.41, 5.74) is 0.760. The summed E-state index contributed by atoms with van der Waals surface area (Å²) in [6.45, 7) is 14.3. The van der Waals surface area contributed by atoms with Crippen molar-refractivity contribution in [2.45, 2.75) is 90.2 Å². The van der Waals surface area contributed by atoms with E-state index in [0.29, 0.717) is 0 Å². The minimum Gasteiger partial charge on any atom is -0.403 e. The molecule has 1 heterocycles. The summed E-state index contributed by atoms with van der Waals surface area (Å²) in [5, 5.41) is 0.0541. The molecule has 3 nitrogen and oxygen atoms in total. The van der Waals surface area contributed by atoms with Gasteiger partial charge in [0, 0.05) is 24.6 Å². The molecule has 0 radical (unpaired) electrons. The van der Waals surface area contributed by atoms with Crippen LogP contribution in [0.5, 0.6) is 0 Å². The maximum absolute atomic E-state index is 6.43. The highest BCUT2D eigenvalue weighted by atomic mass is 16.7. The van der Waals surface area contributed by atoms with Gasteiger partial charge in [-0.3, -0.25) is 0 Å². The second-order valence-corrected chi connectivity index (χ2v) is 9.21. The molecule has 0 aliphatic carbocycles. The van der Waals surface area contributed by atoms with Crippen molar-refractivity contribution < 1.29 is 9.31 Å². The molecule has 4 heteroatoms. The molecule has 1 saturated heterocycles. The first-order valence-electron chi connectivity index (χ1n) is 10.2. The van der Waals surface area contributed by atoms with Crippen LogP contribution in [0.3, 0.4) is 0 Å². The van der Waals surface area contributed by atoms with Crippen molar-refractivity contribution >= 4 is 12.8 Å². The van der Waals surface area contributed by atoms with Gasteiger partial charge in [0.05, 0.1) is 11.2 Å². The van der Waals surface area contributed by atoms with E-state index < -0.39 is 0 Å². The molecule has 0 bridgehead atoms. The highest BCUT2D eigenvalue weighted by Crippen LogP contribution is 2.49. The summed E-state index contributed by atoms with van der Waals surface area (Å²) in [6, 6.07) is 10.6. The van der Waals surface area contributed by atoms with E-state index >= 15 is 0 Å². The van der Waals surface area contributed by atoms with E-state index in [1.165, 1.54) is 18.5 Å². The van der Waals surface area contributed by atoms with Crippen LogP contribution in [-0.2, 0) is 9.31 Å². The molecule has 1 unspecified atom stereocenters. The van der Waals surface area contributed by atoms with Crippen LogP contribution in [0.25, 0.3) is 0 Å². The molecule has 1 atom stereocenters. The van der Waals surface area contributed by atoms with E-state index in [4.69, 9.17) is 9.31 Å². The Kier molecular flexibility index (Phi) is 6.84. The normalized spacial score (nSPS) is 20.8. The monoisotopic (exact) mass is 359 g/mol. The molecule has 1 aliphatic heterocycles. The standard InChI is InChI=1S/C22H38BNO2/c1-8-9-16-22(6,23-25-20(2,3)21(4,5)26-23)17-13-18-24(7)19-14-11-10-12-15-19/h10-12,14-15H,8-9,13,16-18H2,1-7H3. The number of nitrogens with zero attached hydrogens (tertiary/aromatic N) is 1. The van der Waals surface area contributed by atoms with Gasteiger partial charge in [-0.2, -0.15) is 0 Å². The Bertz CT molecular complexity index is 545. The predicted octanol–water partition coefficient (Wildman–Crippen LogP) is 5.95. The third kappa shape index (κ3) is 4.83. The van der Waals surface area contributed by atoms with Gasteiger partial charge in [-0.1, -0.05) is 44.9 Å². The Morgan fingerprint density at radius 2 is 1.50 bits per heavy atom. The quantitative estimate of drug-likeness (QED) is 0.509. The fourth-order valence-electron chi connectivity index (χ4n) is 3.60. The van der Waals surface area contributed by atoms with Crippen LogP contribution in [0.1, 0.15) is 73.6 Å². The topological polar surface area (TPSA) is 21.7 Å². The molecule has 0 aromatic heterocycles. The first-order valence-corrected chi connectivity index (χ1v) is 10.2. The maximum Gasteiger partial charge on any atom is 0.464 e. The van der Waals surface area contributed by atoms with Gasteiger partial charge in [0.15, 0.2) is 0 Å². The zero-order valence-electron chi connectivity index (χ0n) is 18.0. The smallest absolute Gasteiger partial charge is 0.403 e. The lowest BCUT2D eigenvalue weighted by atomic mass is 9.54. The summed E-state index contributed by atoms with van der Waals surface area (Å²) in [7, 11) is 2.05. The van der Waals surface area contributed by atoms with Gasteiger partial charge in [-0.25, -0.2) is 0 Å². The number of unbranched alkanes of at least 4 members (excludes halogenated alkanes) is 1. The Labute approximate surface area is 161 Å². The van der Waals surface area contributed by atoms with Gasteiger partial charge < -0.3 is 14.2 Å². The van der Waals surface area contributed by atoms with Crippen LogP contribution in [-0.4, -0.2) is 31.9 Å². The summed E-state index contributed by atoms with van der Waals surface area (Å²) in [5.74, 6) is 0. The molecule has 26 heavy (non-hydrogen) atoms. The van der Waals surface area contributed by atoms with E-state index in [2.05, 4.69) is 83.8 Å². The molecule has 0 spiro atoms. The molecule has 1 fully saturated rings. The Hall–Kier alpha value is -0.995. The third-order valence-corrected chi connectivity index (χ3v) is 6.36. The average Bonchev–Trinajstić information content (AvgIpc) is 2.82. The van der Waals surface area contributed by atoms with Crippen molar-refractivity contribution in [3.63, 3.8) is 0 Å². The minimum atomic E-state index is -0.258. The van der Waals surface area contributed by atoms with Crippen LogP contribution in [0.15, 0.2) is 30.3 Å². The van der Waals surface area contributed by atoms with Crippen LogP contribution in [0, 0.1) is 0 Å². The Balaban J connectivity index is 2.00. The number of anilines is 1. The maximum atomic E-state index is 6.43. The lowest BCUT2D eigenvalue weighted by Crippen LogP contribution is -2.41. The number of para-hydroxylation sites is 1. The highest BCUT2D eigenvalue weighted by molar-refractivity contribution is 6.49. The van der Waals surface area contributed by atoms with E-state index in [0.717, 1.165) is 25.8 Å². The van der Waals surface area contributed by atoms with E-state index in [9.17, 15) is 0 Å². The Morgan fingerprint density at radius 3 is 2.04 bits per heavy atom. The summed E-state index contributed by atoms with van der Waals surface area (Å²) in [6.07, 6.45) is 5.82. The fourth-order valence-corrected chi connectivity index (χ4v) is 3.60. The number of hydrogen-bond acceptors (Lipinski definition) is 3. The molecular formula is C22H38BNO2. The largest absolute Gasteiger partial charge is 0.464 e. The molecular weight excluding hydrogens is 321 g/mol. The molecule has 0 saturated carbocycles. The summed E-state index contributed by atoms with van der Waals surface area (Å²) in [4.78, 5) is 2.34. The molecule has 1 aromatic rings. The van der Waals surface area contributed by atoms with Crippen LogP contribution in [0.4, 0.5) is 5.69 Å². The Morgan fingerprint density at radius 1 is 0.962 bits per heavy atom. The van der Waals surface area contributed by atoms with Crippen LogP contribution >= 0.6 is 0 Å². The first-order chi connectivity index (χ1) is 12.1. The van der Waals surface area contributed by atoms with E-state index in [1.807, 2.05) is 0 Å². The number of benzene rings is 1. The van der Waals surface area contributed by atoms with Crippen molar-refractivity contribution in [2.75, 3.05) is 18.5 Å². The minimum absolute atomic E-state index is 0.0541. The van der Waals surface area contributed by atoms with E-state index in [1.54, 1.807) is 0 Å². The number of hydrogen-bond donors (Lipinski definition) is 0. The van der Waals surface area contributed by atoms with Gasteiger partial charge in [0.25, 0.3) is 0 Å². The molecule has 2 rings (SSSR count). The lowest BCUT2D eigenvalue weighted by Gasteiger charge is -2.32. The second-order valence-electron chi connectivity index (χ2n) is 9.21. The summed E-state index contributed by atoms with van der Waals surface area (Å²) < 4.78 is 12.9. The second kappa shape index (κ2) is 8.35. The van der Waals surface area contributed by atoms with Gasteiger partial charge in [0.1, 0.15) is 0 Å². The van der Waals surface area contributed by atoms with Crippen molar-refractivity contribution in [3.8, 4) is 0 Å². The van der Waals surface area contributed by atoms with Crippen molar-refractivity contribution in [1.29, 1.82) is 0 Å². The van der Waals surface area contributed by atoms with Crippen LogP contribution < -0.4 is 4.90 Å². The molecule has 146 valence electrons. The fraction of sp³-hybridized carbons (Fsp3) is 0.727. The van der Waals surface area contributed by atoms with Crippen molar-refractivity contribution in [1.82, 2.24) is 0 Å². The molecule has 1 aromatic carbocycles. The zero-order valence-corrected chi connectivity index (χ0v) is 18.0. The molecule has 0 amide bonds. The van der Waals surface area contributed by atoms with Crippen LogP contribution in [0.2, 0.25) is 5.31 Å². The summed E-state index contributed by atoms with van der Waals surface area (Å²) >= 11 is 0. The molecule has 0 N–H and O–H groups in total. The van der Waals surface area contributed by atoms with E-state index in [-0.39, 0.29) is 23.6 Å². The van der Waals surface area contributed by atoms with Gasteiger partial charge in [0.2, 0.25) is 0 Å². The zero-order chi connectivity index (χ0) is 19.4. The van der Waals surface area contributed by atoms with Gasteiger partial charge >= 0.3 is 7.12 Å². The van der Waals surface area contributed by atoms with Crippen molar-refractivity contribution in [3.05, 3.63) is 30.3 Å². The lowest BCUT2D eigenvalue weighted by molar-refractivity contribution is 0.00578. The third-order valence-electron chi connectivity index (χ3n) is 6.36. The van der Waals surface area contributed by atoms with Gasteiger partial charge in [-0.15, -0.1) is 0 Å². The van der Waals surface area contributed by atoms with Gasteiger partial charge in [-0.05, 0) is 59.1 Å². The molecule has 1 aliphatic rings. The average molecular weight is 359 g/mol.